The molecule has 19 heavy (non-hydrogen) atoms. The van der Waals surface area contributed by atoms with Gasteiger partial charge >= 0.3 is 0 Å². The van der Waals surface area contributed by atoms with Crippen molar-refractivity contribution in [3.05, 3.63) is 50.0 Å². The van der Waals surface area contributed by atoms with Crippen LogP contribution in [-0.2, 0) is 13.5 Å². The maximum atomic E-state index is 4.42. The van der Waals surface area contributed by atoms with Gasteiger partial charge in [-0.2, -0.15) is 0 Å². The summed E-state index contributed by atoms with van der Waals surface area (Å²) in [5, 5.41) is 3.55. The van der Waals surface area contributed by atoms with Crippen molar-refractivity contribution in [3.63, 3.8) is 0 Å². The summed E-state index contributed by atoms with van der Waals surface area (Å²) in [6, 6.07) is 6.72. The minimum atomic E-state index is 0.273. The Morgan fingerprint density at radius 2 is 2.26 bits per heavy atom. The summed E-state index contributed by atoms with van der Waals surface area (Å²) in [7, 11) is 2.04. The molecule has 0 bridgehead atoms. The van der Waals surface area contributed by atoms with Crippen molar-refractivity contribution in [1.82, 2.24) is 14.9 Å². The molecule has 0 aliphatic rings. The van der Waals surface area contributed by atoms with Gasteiger partial charge in [0.05, 0.1) is 0 Å². The van der Waals surface area contributed by atoms with Crippen LogP contribution in [0.4, 0.5) is 0 Å². The molecule has 0 amide bonds. The van der Waals surface area contributed by atoms with Crippen LogP contribution in [0.3, 0.4) is 0 Å². The van der Waals surface area contributed by atoms with E-state index in [-0.39, 0.29) is 6.04 Å². The molecule has 1 aromatic carbocycles. The fourth-order valence-electron chi connectivity index (χ4n) is 2.10. The number of hydrogen-bond donors (Lipinski definition) is 1. The van der Waals surface area contributed by atoms with Gasteiger partial charge in [0, 0.05) is 39.9 Å². The lowest BCUT2D eigenvalue weighted by molar-refractivity contribution is 0.527. The van der Waals surface area contributed by atoms with Crippen LogP contribution in [0.1, 0.15) is 24.4 Å². The summed E-state index contributed by atoms with van der Waals surface area (Å²) < 4.78 is 4.47. The maximum Gasteiger partial charge on any atom is 0.110 e. The minimum absolute atomic E-state index is 0.273. The molecule has 0 saturated heterocycles. The average Bonchev–Trinajstić information content (AvgIpc) is 2.78. The minimum Gasteiger partial charge on any atom is -0.338 e. The van der Waals surface area contributed by atoms with Crippen molar-refractivity contribution in [1.29, 1.82) is 0 Å². The van der Waals surface area contributed by atoms with Gasteiger partial charge in [-0.15, -0.1) is 0 Å². The first-order valence-corrected chi connectivity index (χ1v) is 8.13. The zero-order valence-electron chi connectivity index (χ0n) is 11.0. The third kappa shape index (κ3) is 3.79. The molecule has 1 aromatic heterocycles. The van der Waals surface area contributed by atoms with Gasteiger partial charge in [-0.25, -0.2) is 4.98 Å². The zero-order chi connectivity index (χ0) is 13.8. The number of aryl methyl sites for hydroxylation is 1. The topological polar surface area (TPSA) is 29.9 Å². The van der Waals surface area contributed by atoms with Gasteiger partial charge < -0.3 is 9.88 Å². The lowest BCUT2D eigenvalue weighted by atomic mass is 10.0. The van der Waals surface area contributed by atoms with E-state index in [1.165, 1.54) is 9.13 Å². The Morgan fingerprint density at radius 3 is 2.89 bits per heavy atom. The van der Waals surface area contributed by atoms with Crippen molar-refractivity contribution < 1.29 is 0 Å². The third-order valence-electron chi connectivity index (χ3n) is 3.09. The summed E-state index contributed by atoms with van der Waals surface area (Å²) in [4.78, 5) is 4.42. The van der Waals surface area contributed by atoms with E-state index in [0.717, 1.165) is 23.3 Å². The highest BCUT2D eigenvalue weighted by Gasteiger charge is 2.16. The summed E-state index contributed by atoms with van der Waals surface area (Å²) >= 11 is 6.00. The highest BCUT2D eigenvalue weighted by atomic mass is 127. The van der Waals surface area contributed by atoms with Crippen molar-refractivity contribution in [3.8, 4) is 0 Å². The van der Waals surface area contributed by atoms with E-state index in [1.807, 2.05) is 19.4 Å². The van der Waals surface area contributed by atoms with Crippen LogP contribution in [0.15, 0.2) is 35.1 Å². The second-order valence-corrected chi connectivity index (χ2v) is 6.53. The Hall–Kier alpha value is -0.400. The van der Waals surface area contributed by atoms with E-state index in [9.17, 15) is 0 Å². The van der Waals surface area contributed by atoms with Crippen LogP contribution in [-0.4, -0.2) is 16.1 Å². The second-order valence-electron chi connectivity index (χ2n) is 4.43. The van der Waals surface area contributed by atoms with Crippen LogP contribution in [0.5, 0.6) is 0 Å². The number of nitrogens with one attached hydrogen (secondary N) is 1. The van der Waals surface area contributed by atoms with Gasteiger partial charge in [0.25, 0.3) is 0 Å². The maximum absolute atomic E-state index is 4.42. The largest absolute Gasteiger partial charge is 0.338 e. The molecule has 0 aliphatic carbocycles. The highest BCUT2D eigenvalue weighted by molar-refractivity contribution is 14.1. The summed E-state index contributed by atoms with van der Waals surface area (Å²) in [5.41, 5.74) is 1.29. The number of aromatic nitrogens is 2. The molecule has 1 N–H and O–H groups in total. The molecule has 102 valence electrons. The molecule has 1 unspecified atom stereocenters. The van der Waals surface area contributed by atoms with E-state index < -0.39 is 0 Å². The molecule has 1 heterocycles. The molecular weight excluding hydrogens is 417 g/mol. The van der Waals surface area contributed by atoms with Crippen LogP contribution in [0.25, 0.3) is 0 Å². The Labute approximate surface area is 136 Å². The Morgan fingerprint density at radius 1 is 1.47 bits per heavy atom. The standard InChI is InChI=1S/C14H17BrIN3/c1-3-17-13(9-14-18-6-7-19(14)2)11-8-10(16)4-5-12(11)15/h4-8,13,17H,3,9H2,1-2H3. The monoisotopic (exact) mass is 433 g/mol. The van der Waals surface area contributed by atoms with E-state index in [4.69, 9.17) is 0 Å². The van der Waals surface area contributed by atoms with E-state index in [0.29, 0.717) is 0 Å². The zero-order valence-corrected chi connectivity index (χ0v) is 14.8. The number of nitrogens with zero attached hydrogens (tertiary/aromatic N) is 2. The Balaban J connectivity index is 2.29. The number of halogens is 2. The number of benzene rings is 1. The number of rotatable bonds is 5. The molecule has 0 fully saturated rings. The number of hydrogen-bond acceptors (Lipinski definition) is 2. The lowest BCUT2D eigenvalue weighted by Gasteiger charge is -2.20. The lowest BCUT2D eigenvalue weighted by Crippen LogP contribution is -2.24. The van der Waals surface area contributed by atoms with Crippen LogP contribution in [0, 0.1) is 3.57 Å². The van der Waals surface area contributed by atoms with E-state index in [2.05, 4.69) is 78.5 Å². The molecule has 1 atom stereocenters. The highest BCUT2D eigenvalue weighted by Crippen LogP contribution is 2.27. The summed E-state index contributed by atoms with van der Waals surface area (Å²) in [6.07, 6.45) is 4.72. The van der Waals surface area contributed by atoms with Crippen LogP contribution < -0.4 is 5.32 Å². The first-order chi connectivity index (χ1) is 9.11. The fourth-order valence-corrected chi connectivity index (χ4v) is 3.13. The quantitative estimate of drug-likeness (QED) is 0.729. The van der Waals surface area contributed by atoms with Gasteiger partial charge in [0.1, 0.15) is 5.82 Å². The predicted octanol–water partition coefficient (Wildman–Crippen LogP) is 3.68. The average molecular weight is 434 g/mol. The first kappa shape index (κ1) is 15.0. The van der Waals surface area contributed by atoms with Crippen molar-refractivity contribution >= 4 is 38.5 Å². The smallest absolute Gasteiger partial charge is 0.110 e. The first-order valence-electron chi connectivity index (χ1n) is 6.26. The molecule has 0 radical (unpaired) electrons. The number of imidazole rings is 1. The third-order valence-corrected chi connectivity index (χ3v) is 4.48. The van der Waals surface area contributed by atoms with Gasteiger partial charge in [-0.3, -0.25) is 0 Å². The van der Waals surface area contributed by atoms with Crippen molar-refractivity contribution in [2.75, 3.05) is 6.54 Å². The van der Waals surface area contributed by atoms with Crippen LogP contribution >= 0.6 is 38.5 Å². The van der Waals surface area contributed by atoms with Gasteiger partial charge in [-0.1, -0.05) is 22.9 Å². The Bertz CT molecular complexity index is 553. The van der Waals surface area contributed by atoms with Gasteiger partial charge in [0.2, 0.25) is 0 Å². The summed E-state index contributed by atoms with van der Waals surface area (Å²) in [5.74, 6) is 1.09. The summed E-state index contributed by atoms with van der Waals surface area (Å²) in [6.45, 7) is 3.07. The van der Waals surface area contributed by atoms with Gasteiger partial charge in [0.15, 0.2) is 0 Å². The molecular formula is C14H17BrIN3. The molecule has 0 saturated carbocycles. The number of likely N-dealkylation sites (N-methyl/N-ethyl adjacent to an activating group) is 1. The van der Waals surface area contributed by atoms with Crippen LogP contribution in [0.2, 0.25) is 0 Å². The van der Waals surface area contributed by atoms with E-state index in [1.54, 1.807) is 0 Å². The molecule has 2 aromatic rings. The second kappa shape index (κ2) is 6.85. The molecule has 5 heteroatoms. The predicted molar refractivity (Wildman–Crippen MR) is 90.2 cm³/mol. The fraction of sp³-hybridized carbons (Fsp3) is 0.357. The van der Waals surface area contributed by atoms with E-state index >= 15 is 0 Å². The SMILES string of the molecule is CCNC(Cc1nccn1C)c1cc(I)ccc1Br. The molecule has 3 nitrogen and oxygen atoms in total. The molecule has 0 aliphatic heterocycles. The normalized spacial score (nSPS) is 12.6. The Kier molecular flexibility index (Phi) is 5.41. The van der Waals surface area contributed by atoms with Crippen molar-refractivity contribution in [2.24, 2.45) is 7.05 Å². The van der Waals surface area contributed by atoms with Gasteiger partial charge in [-0.05, 0) is 52.9 Å². The molecule has 0 spiro atoms. The molecule has 2 rings (SSSR count). The van der Waals surface area contributed by atoms with Crippen molar-refractivity contribution in [2.45, 2.75) is 19.4 Å².